The lowest BCUT2D eigenvalue weighted by Crippen LogP contribution is -2.37. The van der Waals surface area contributed by atoms with Crippen molar-refractivity contribution >= 4 is 45.0 Å². The summed E-state index contributed by atoms with van der Waals surface area (Å²) in [4.78, 5) is 23.7. The maximum atomic E-state index is 12.2. The van der Waals surface area contributed by atoms with Gasteiger partial charge < -0.3 is 10.6 Å². The fourth-order valence-electron chi connectivity index (χ4n) is 2.56. The second-order valence-corrected chi connectivity index (χ2v) is 8.85. The summed E-state index contributed by atoms with van der Waals surface area (Å²) in [5.41, 5.74) is 0.737. The van der Waals surface area contributed by atoms with E-state index in [0.29, 0.717) is 10.0 Å². The van der Waals surface area contributed by atoms with E-state index in [1.807, 2.05) is 0 Å². The smallest absolute Gasteiger partial charge is 0.240 e. The van der Waals surface area contributed by atoms with Gasteiger partial charge in [0, 0.05) is 30.1 Å². The lowest BCUT2D eigenvalue weighted by Gasteiger charge is -2.18. The molecule has 0 aliphatic rings. The molecule has 0 saturated carbocycles. The monoisotopic (exact) mass is 457 g/mol. The van der Waals surface area contributed by atoms with Crippen LogP contribution in [0, 0.1) is 0 Å². The van der Waals surface area contributed by atoms with Gasteiger partial charge in [-0.25, -0.2) is 13.1 Å². The summed E-state index contributed by atoms with van der Waals surface area (Å²) in [5, 5.41) is 6.22. The van der Waals surface area contributed by atoms with Crippen LogP contribution in [0.5, 0.6) is 0 Å². The minimum atomic E-state index is -3.72. The summed E-state index contributed by atoms with van der Waals surface area (Å²) in [7, 11) is -3.72. The van der Waals surface area contributed by atoms with Crippen LogP contribution in [-0.4, -0.2) is 33.3 Å². The molecule has 0 heterocycles. The average Bonchev–Trinajstić information content (AvgIpc) is 2.65. The predicted octanol–water partition coefficient (Wildman–Crippen LogP) is 2.66. The second kappa shape index (κ2) is 10.6. The van der Waals surface area contributed by atoms with Crippen molar-refractivity contribution in [2.24, 2.45) is 0 Å². The summed E-state index contributed by atoms with van der Waals surface area (Å²) in [6.07, 6.45) is 0.00224. The summed E-state index contributed by atoms with van der Waals surface area (Å²) in [6.45, 7) is 1.46. The van der Waals surface area contributed by atoms with Crippen molar-refractivity contribution in [2.45, 2.75) is 24.3 Å². The molecule has 0 aromatic heterocycles. The standard InChI is InChI=1S/C19H21Cl2N3O4S/c1-13(25)24-18(14-5-7-15(20)8-6-14)12-19(26)22-9-10-23-29(27,28)17-4-2-3-16(21)11-17/h2-8,11,18,23H,9-10,12H2,1H3,(H,22,26)(H,24,25). The Morgan fingerprint density at radius 3 is 2.31 bits per heavy atom. The number of hydrogen-bond acceptors (Lipinski definition) is 4. The zero-order valence-electron chi connectivity index (χ0n) is 15.6. The van der Waals surface area contributed by atoms with Gasteiger partial charge in [0.1, 0.15) is 0 Å². The predicted molar refractivity (Wildman–Crippen MR) is 112 cm³/mol. The Bertz CT molecular complexity index is 966. The van der Waals surface area contributed by atoms with E-state index in [1.54, 1.807) is 30.3 Å². The highest BCUT2D eigenvalue weighted by atomic mass is 35.5. The van der Waals surface area contributed by atoms with Gasteiger partial charge in [-0.15, -0.1) is 0 Å². The maximum absolute atomic E-state index is 12.2. The SMILES string of the molecule is CC(=O)NC(CC(=O)NCCNS(=O)(=O)c1cccc(Cl)c1)c1ccc(Cl)cc1. The molecule has 10 heteroatoms. The van der Waals surface area contributed by atoms with Crippen LogP contribution in [0.2, 0.25) is 10.0 Å². The molecule has 0 aliphatic heterocycles. The molecule has 156 valence electrons. The highest BCUT2D eigenvalue weighted by Crippen LogP contribution is 2.19. The Morgan fingerprint density at radius 2 is 1.69 bits per heavy atom. The molecule has 0 spiro atoms. The van der Waals surface area contributed by atoms with Gasteiger partial charge in [0.2, 0.25) is 21.8 Å². The molecule has 1 unspecified atom stereocenters. The molecule has 0 bridgehead atoms. The molecule has 0 radical (unpaired) electrons. The van der Waals surface area contributed by atoms with Crippen molar-refractivity contribution in [1.82, 2.24) is 15.4 Å². The van der Waals surface area contributed by atoms with Crippen LogP contribution >= 0.6 is 23.2 Å². The Kier molecular flexibility index (Phi) is 8.45. The van der Waals surface area contributed by atoms with Crippen LogP contribution in [0.15, 0.2) is 53.4 Å². The number of benzene rings is 2. The van der Waals surface area contributed by atoms with E-state index in [-0.39, 0.29) is 36.2 Å². The van der Waals surface area contributed by atoms with Crippen molar-refractivity contribution in [3.63, 3.8) is 0 Å². The Morgan fingerprint density at radius 1 is 1.00 bits per heavy atom. The van der Waals surface area contributed by atoms with Crippen molar-refractivity contribution in [3.8, 4) is 0 Å². The first-order valence-corrected chi connectivity index (χ1v) is 11.0. The van der Waals surface area contributed by atoms with Crippen LogP contribution in [0.4, 0.5) is 0 Å². The number of sulfonamides is 1. The van der Waals surface area contributed by atoms with Crippen molar-refractivity contribution in [3.05, 3.63) is 64.1 Å². The molecule has 29 heavy (non-hydrogen) atoms. The van der Waals surface area contributed by atoms with E-state index in [0.717, 1.165) is 5.56 Å². The maximum Gasteiger partial charge on any atom is 0.240 e. The second-order valence-electron chi connectivity index (χ2n) is 6.21. The molecular formula is C19H21Cl2N3O4S. The van der Waals surface area contributed by atoms with Gasteiger partial charge in [-0.1, -0.05) is 41.4 Å². The molecule has 0 aliphatic carbocycles. The number of rotatable bonds is 9. The normalized spacial score (nSPS) is 12.2. The van der Waals surface area contributed by atoms with Gasteiger partial charge in [-0.3, -0.25) is 9.59 Å². The van der Waals surface area contributed by atoms with Gasteiger partial charge in [-0.2, -0.15) is 0 Å². The number of nitrogens with one attached hydrogen (secondary N) is 3. The Balaban J connectivity index is 1.87. The van der Waals surface area contributed by atoms with E-state index in [1.165, 1.54) is 25.1 Å². The number of hydrogen-bond donors (Lipinski definition) is 3. The van der Waals surface area contributed by atoms with Crippen LogP contribution in [-0.2, 0) is 19.6 Å². The Labute approximate surface area is 179 Å². The van der Waals surface area contributed by atoms with E-state index < -0.39 is 16.1 Å². The quantitative estimate of drug-likeness (QED) is 0.503. The summed E-state index contributed by atoms with van der Waals surface area (Å²) in [5.74, 6) is -0.604. The van der Waals surface area contributed by atoms with Gasteiger partial charge in [-0.05, 0) is 35.9 Å². The van der Waals surface area contributed by atoms with E-state index >= 15 is 0 Å². The minimum absolute atomic E-state index is 0.00224. The van der Waals surface area contributed by atoms with Crippen molar-refractivity contribution in [1.29, 1.82) is 0 Å². The fraction of sp³-hybridized carbons (Fsp3) is 0.263. The third kappa shape index (κ3) is 7.66. The number of carbonyl (C=O) groups is 2. The number of amides is 2. The third-order valence-electron chi connectivity index (χ3n) is 3.89. The van der Waals surface area contributed by atoms with Crippen LogP contribution in [0.25, 0.3) is 0 Å². The zero-order chi connectivity index (χ0) is 21.4. The Hall–Kier alpha value is -2.13. The molecule has 2 aromatic rings. The molecule has 0 saturated heterocycles. The van der Waals surface area contributed by atoms with Gasteiger partial charge in [0.05, 0.1) is 17.4 Å². The lowest BCUT2D eigenvalue weighted by atomic mass is 10.0. The molecule has 1 atom stereocenters. The van der Waals surface area contributed by atoms with E-state index in [2.05, 4.69) is 15.4 Å². The van der Waals surface area contributed by atoms with Crippen molar-refractivity contribution < 1.29 is 18.0 Å². The first-order valence-electron chi connectivity index (χ1n) is 8.72. The molecule has 3 N–H and O–H groups in total. The van der Waals surface area contributed by atoms with Crippen LogP contribution in [0.3, 0.4) is 0 Å². The van der Waals surface area contributed by atoms with Crippen molar-refractivity contribution in [2.75, 3.05) is 13.1 Å². The van der Waals surface area contributed by atoms with Gasteiger partial charge in [0.15, 0.2) is 0 Å². The lowest BCUT2D eigenvalue weighted by molar-refractivity contribution is -0.122. The minimum Gasteiger partial charge on any atom is -0.355 e. The summed E-state index contributed by atoms with van der Waals surface area (Å²) < 4.78 is 26.8. The molecule has 2 rings (SSSR count). The number of carbonyl (C=O) groups excluding carboxylic acids is 2. The first-order chi connectivity index (χ1) is 13.7. The summed E-state index contributed by atoms with van der Waals surface area (Å²) >= 11 is 11.7. The fourth-order valence-corrected chi connectivity index (χ4v) is 4.01. The molecular weight excluding hydrogens is 437 g/mol. The molecule has 7 nitrogen and oxygen atoms in total. The zero-order valence-corrected chi connectivity index (χ0v) is 17.9. The molecule has 2 aromatic carbocycles. The van der Waals surface area contributed by atoms with E-state index in [4.69, 9.17) is 23.2 Å². The first kappa shape index (κ1) is 23.2. The highest BCUT2D eigenvalue weighted by molar-refractivity contribution is 7.89. The largest absolute Gasteiger partial charge is 0.355 e. The summed E-state index contributed by atoms with van der Waals surface area (Å²) in [6, 6.07) is 12.2. The molecule has 0 fully saturated rings. The topological polar surface area (TPSA) is 104 Å². The average molecular weight is 458 g/mol. The van der Waals surface area contributed by atoms with Crippen LogP contribution < -0.4 is 15.4 Å². The van der Waals surface area contributed by atoms with E-state index in [9.17, 15) is 18.0 Å². The van der Waals surface area contributed by atoms with Crippen LogP contribution in [0.1, 0.15) is 24.9 Å². The molecule has 2 amide bonds. The third-order valence-corrected chi connectivity index (χ3v) is 5.83. The highest BCUT2D eigenvalue weighted by Gasteiger charge is 2.18. The number of halogens is 2. The van der Waals surface area contributed by atoms with Gasteiger partial charge in [0.25, 0.3) is 0 Å². The van der Waals surface area contributed by atoms with Gasteiger partial charge >= 0.3 is 0 Å².